The summed E-state index contributed by atoms with van der Waals surface area (Å²) in [5.74, 6) is -1.93. The predicted octanol–water partition coefficient (Wildman–Crippen LogP) is 7.29. The van der Waals surface area contributed by atoms with Gasteiger partial charge in [-0.1, -0.05) is 42.0 Å². The van der Waals surface area contributed by atoms with Gasteiger partial charge in [-0.25, -0.2) is 0 Å². The predicted molar refractivity (Wildman–Crippen MR) is 176 cm³/mol. The number of aldehydes is 1. The monoisotopic (exact) mass is 632 g/mol. The molecule has 5 rings (SSSR count). The number of aromatic hydroxyl groups is 1. The summed E-state index contributed by atoms with van der Waals surface area (Å²) in [5.41, 5.74) is 2.75. The number of ketones is 1. The molecule has 0 radical (unpaired) electrons. The van der Waals surface area contributed by atoms with E-state index in [9.17, 15) is 24.6 Å². The molecule has 7 atom stereocenters. The second-order valence-electron chi connectivity index (χ2n) is 14.7. The van der Waals surface area contributed by atoms with Gasteiger partial charge < -0.3 is 29.2 Å². The smallest absolute Gasteiger partial charge is 0.310 e. The van der Waals surface area contributed by atoms with Crippen molar-refractivity contribution in [2.45, 2.75) is 104 Å². The van der Waals surface area contributed by atoms with Gasteiger partial charge in [0.15, 0.2) is 5.78 Å². The van der Waals surface area contributed by atoms with Crippen molar-refractivity contribution in [3.05, 3.63) is 64.3 Å². The van der Waals surface area contributed by atoms with Gasteiger partial charge in [0, 0.05) is 34.5 Å². The topological polar surface area (TPSA) is 119 Å². The van der Waals surface area contributed by atoms with Gasteiger partial charge in [-0.2, -0.15) is 0 Å². The van der Waals surface area contributed by atoms with Crippen molar-refractivity contribution in [3.8, 4) is 17.2 Å². The van der Waals surface area contributed by atoms with Gasteiger partial charge in [0.2, 0.25) is 0 Å². The van der Waals surface area contributed by atoms with Crippen LogP contribution in [0.2, 0.25) is 0 Å². The Morgan fingerprint density at radius 2 is 1.98 bits per heavy atom. The quantitative estimate of drug-likeness (QED) is 0.204. The Hall–Kier alpha value is -3.65. The number of hydrogen-bond acceptors (Lipinski definition) is 7. The molecular weight excluding hydrogens is 584 g/mol. The Morgan fingerprint density at radius 1 is 1.26 bits per heavy atom. The maximum atomic E-state index is 14.5. The number of carboxylic acids is 1. The van der Waals surface area contributed by atoms with Crippen LogP contribution in [0.25, 0.3) is 0 Å². The van der Waals surface area contributed by atoms with Crippen molar-refractivity contribution in [1.29, 1.82) is 0 Å². The van der Waals surface area contributed by atoms with Gasteiger partial charge in [0.05, 0.1) is 18.1 Å². The zero-order chi connectivity index (χ0) is 33.7. The molecule has 2 aliphatic carbocycles. The lowest BCUT2D eigenvalue weighted by atomic mass is 9.64. The van der Waals surface area contributed by atoms with Crippen molar-refractivity contribution >= 4 is 18.0 Å². The first-order chi connectivity index (χ1) is 21.6. The minimum atomic E-state index is -0.926. The summed E-state index contributed by atoms with van der Waals surface area (Å²) < 4.78 is 19.9. The summed E-state index contributed by atoms with van der Waals surface area (Å²) in [6, 6.07) is 0. The molecule has 2 aliphatic heterocycles. The van der Waals surface area contributed by atoms with Crippen LogP contribution in [0.3, 0.4) is 0 Å². The van der Waals surface area contributed by atoms with Crippen LogP contribution in [0.4, 0.5) is 0 Å². The summed E-state index contributed by atoms with van der Waals surface area (Å²) >= 11 is 0. The van der Waals surface area contributed by atoms with E-state index in [4.69, 9.17) is 14.2 Å². The number of aliphatic carboxylic acids is 1. The van der Waals surface area contributed by atoms with E-state index in [0.29, 0.717) is 41.9 Å². The number of hydrogen-bond donors (Lipinski definition) is 2. The zero-order valence-corrected chi connectivity index (χ0v) is 28.1. The highest BCUT2D eigenvalue weighted by Gasteiger charge is 2.53. The number of allylic oxidation sites excluding steroid dienone is 4. The van der Waals surface area contributed by atoms with Crippen LogP contribution >= 0.6 is 0 Å². The maximum Gasteiger partial charge on any atom is 0.310 e. The second kappa shape index (κ2) is 12.5. The van der Waals surface area contributed by atoms with E-state index < -0.39 is 41.0 Å². The summed E-state index contributed by atoms with van der Waals surface area (Å²) in [5, 5.41) is 21.2. The molecule has 4 aliphatic rings. The molecule has 0 spiro atoms. The summed E-state index contributed by atoms with van der Waals surface area (Å²) in [4.78, 5) is 37.9. The van der Waals surface area contributed by atoms with Crippen LogP contribution < -0.4 is 9.47 Å². The molecule has 1 aromatic rings. The SMILES string of the molecule is C=C(C)[C@@H]1CC[C@@]2(C)CC1c1c(O)c3c(c(CC=C(C)C)c1O2)OC1C(=CC(C=O)C[C@@H]1C(C)(C)OC/C=C/C(C)C(=O)O)C3=O. The number of phenols is 1. The third kappa shape index (κ3) is 6.08. The number of benzene rings is 1. The second-order valence-corrected chi connectivity index (χ2v) is 14.7. The van der Waals surface area contributed by atoms with Crippen molar-refractivity contribution in [2.24, 2.45) is 23.7 Å². The van der Waals surface area contributed by atoms with Crippen molar-refractivity contribution in [2.75, 3.05) is 6.61 Å². The summed E-state index contributed by atoms with van der Waals surface area (Å²) in [7, 11) is 0. The molecular formula is C38H48O8. The fourth-order valence-corrected chi connectivity index (χ4v) is 7.77. The first-order valence-electron chi connectivity index (χ1n) is 16.4. The Kier molecular flexibility index (Phi) is 9.17. The average Bonchev–Trinajstić information content (AvgIpc) is 2.97. The van der Waals surface area contributed by atoms with Gasteiger partial charge in [-0.15, -0.1) is 0 Å². The van der Waals surface area contributed by atoms with Crippen LogP contribution in [0.1, 0.15) is 102 Å². The van der Waals surface area contributed by atoms with E-state index in [2.05, 4.69) is 19.6 Å². The minimum absolute atomic E-state index is 0.0543. The average molecular weight is 633 g/mol. The lowest BCUT2D eigenvalue weighted by Crippen LogP contribution is -2.51. The van der Waals surface area contributed by atoms with Gasteiger partial charge >= 0.3 is 5.97 Å². The number of rotatable bonds is 10. The molecule has 0 saturated heterocycles. The van der Waals surface area contributed by atoms with Crippen LogP contribution in [-0.4, -0.2) is 52.2 Å². The molecule has 1 fully saturated rings. The maximum absolute atomic E-state index is 14.5. The molecule has 8 nitrogen and oxygen atoms in total. The van der Waals surface area contributed by atoms with Crippen LogP contribution in [0.15, 0.2) is 47.6 Å². The lowest BCUT2D eigenvalue weighted by Gasteiger charge is -2.50. The molecule has 4 unspecified atom stereocenters. The van der Waals surface area contributed by atoms with E-state index in [1.807, 2.05) is 34.6 Å². The van der Waals surface area contributed by atoms with Crippen LogP contribution in [-0.2, 0) is 20.7 Å². The molecule has 2 N–H and O–H groups in total. The Morgan fingerprint density at radius 3 is 2.61 bits per heavy atom. The first kappa shape index (κ1) is 33.7. The minimum Gasteiger partial charge on any atom is -0.507 e. The fourth-order valence-electron chi connectivity index (χ4n) is 7.77. The van der Waals surface area contributed by atoms with E-state index in [-0.39, 0.29) is 35.5 Å². The highest BCUT2D eigenvalue weighted by molar-refractivity contribution is 6.15. The van der Waals surface area contributed by atoms with Gasteiger partial charge in [-0.3, -0.25) is 9.59 Å². The van der Waals surface area contributed by atoms with Crippen molar-refractivity contribution in [1.82, 2.24) is 0 Å². The van der Waals surface area contributed by atoms with Gasteiger partial charge in [-0.05, 0) is 86.5 Å². The number of phenolic OH excluding ortho intramolecular Hbond substituents is 1. The summed E-state index contributed by atoms with van der Waals surface area (Å²) in [6.45, 7) is 18.0. The number of carbonyl (C=O) groups is 3. The Labute approximate surface area is 272 Å². The highest BCUT2D eigenvalue weighted by atomic mass is 16.5. The normalized spacial score (nSPS) is 28.9. The van der Waals surface area contributed by atoms with E-state index >= 15 is 0 Å². The van der Waals surface area contributed by atoms with E-state index in [1.54, 1.807) is 25.2 Å². The van der Waals surface area contributed by atoms with E-state index in [0.717, 1.165) is 35.8 Å². The molecule has 2 heterocycles. The largest absolute Gasteiger partial charge is 0.507 e. The molecule has 248 valence electrons. The number of carbonyl (C=O) groups excluding carboxylic acids is 2. The third-order valence-corrected chi connectivity index (χ3v) is 10.5. The standard InChI is InChI=1S/C38H48O8/c1-20(2)11-12-25-34-30(32(41)29-27-18-38(8,46-35(25)29)14-13-24(27)21(3)4)31(40)26-16-23(19-39)17-28(33(26)45-34)37(6,7)44-15-9-10-22(5)36(42)43/h9-11,16,19,22-24,27-28,33,41H,3,12-15,17-18H2,1-2,4-8H3,(H,42,43)/b10-9+/t22?,23?,24-,27?,28-,33?,38-/m0/s1. The summed E-state index contributed by atoms with van der Waals surface area (Å²) in [6.07, 6.45) is 10.4. The lowest BCUT2D eigenvalue weighted by molar-refractivity contribution is -0.139. The van der Waals surface area contributed by atoms with Crippen molar-refractivity contribution < 1.29 is 38.8 Å². The first-order valence-corrected chi connectivity index (χ1v) is 16.4. The Bertz CT molecular complexity index is 1540. The zero-order valence-electron chi connectivity index (χ0n) is 28.1. The number of carboxylic acid groups (broad SMARTS) is 1. The highest BCUT2D eigenvalue weighted by Crippen LogP contribution is 2.60. The molecule has 0 aromatic heterocycles. The van der Waals surface area contributed by atoms with Gasteiger partial charge in [0.1, 0.15) is 40.8 Å². The number of Topliss-reactive ketones (excluding diaryl/α,β-unsaturated/α-hetero) is 1. The fraction of sp³-hybridized carbons (Fsp3) is 0.553. The molecule has 1 saturated carbocycles. The molecule has 2 bridgehead atoms. The van der Waals surface area contributed by atoms with Gasteiger partial charge in [0.25, 0.3) is 0 Å². The number of ether oxygens (including phenoxy) is 3. The molecule has 1 aromatic carbocycles. The third-order valence-electron chi connectivity index (χ3n) is 10.5. The molecule has 0 amide bonds. The van der Waals surface area contributed by atoms with Crippen LogP contribution in [0, 0.1) is 23.7 Å². The van der Waals surface area contributed by atoms with Crippen molar-refractivity contribution in [3.63, 3.8) is 0 Å². The Balaban J connectivity index is 1.63. The number of fused-ring (bicyclic) bond motifs is 6. The van der Waals surface area contributed by atoms with Crippen LogP contribution in [0.5, 0.6) is 17.2 Å². The van der Waals surface area contributed by atoms with E-state index in [1.165, 1.54) is 0 Å². The molecule has 46 heavy (non-hydrogen) atoms. The molecule has 8 heteroatoms.